The summed E-state index contributed by atoms with van der Waals surface area (Å²) in [4.78, 5) is 35.4. The summed E-state index contributed by atoms with van der Waals surface area (Å²) in [6, 6.07) is 3.04. The number of benzene rings is 1. The molecule has 0 unspecified atom stereocenters. The van der Waals surface area contributed by atoms with Gasteiger partial charge < -0.3 is 0 Å². The molecule has 2 aliphatic heterocycles. The number of aryl methyl sites for hydroxylation is 3. The Morgan fingerprint density at radius 3 is 2.18 bits per heavy atom. The van der Waals surface area contributed by atoms with Crippen LogP contribution in [0.3, 0.4) is 0 Å². The van der Waals surface area contributed by atoms with Gasteiger partial charge >= 0.3 is 6.03 Å². The lowest BCUT2D eigenvalue weighted by Gasteiger charge is -2.32. The van der Waals surface area contributed by atoms with Crippen molar-refractivity contribution in [1.82, 2.24) is 20.1 Å². The summed E-state index contributed by atoms with van der Waals surface area (Å²) in [5, 5.41) is 3.02. The number of carbonyl (C=O) groups excluding carboxylic acids is 3. The molecule has 4 amide bonds. The Morgan fingerprint density at radius 2 is 1.68 bits per heavy atom. The third-order valence-electron chi connectivity index (χ3n) is 5.07. The first kappa shape index (κ1) is 20.3. The van der Waals surface area contributed by atoms with Gasteiger partial charge in [0, 0.05) is 19.0 Å². The SMILES string of the molecule is Cc1cc(C)c(S(=O)(=O)N2CCC(C(=O)NN3CC(=O)NC3=O)CC2)c(C)c1. The van der Waals surface area contributed by atoms with Crippen molar-refractivity contribution in [3.63, 3.8) is 0 Å². The van der Waals surface area contributed by atoms with Gasteiger partial charge in [-0.2, -0.15) is 4.31 Å². The van der Waals surface area contributed by atoms with Gasteiger partial charge in [0.15, 0.2) is 0 Å². The van der Waals surface area contributed by atoms with Gasteiger partial charge in [-0.3, -0.25) is 20.3 Å². The minimum absolute atomic E-state index is 0.218. The van der Waals surface area contributed by atoms with Crippen LogP contribution in [0, 0.1) is 26.7 Å². The van der Waals surface area contributed by atoms with Crippen LogP contribution >= 0.6 is 0 Å². The van der Waals surface area contributed by atoms with E-state index in [1.54, 1.807) is 13.8 Å². The van der Waals surface area contributed by atoms with Crippen LogP contribution in [0.1, 0.15) is 29.5 Å². The Kier molecular flexibility index (Phi) is 5.44. The Bertz CT molecular complexity index is 912. The fraction of sp³-hybridized carbons (Fsp3) is 0.500. The molecule has 1 aromatic rings. The molecule has 0 atom stereocenters. The zero-order chi connectivity index (χ0) is 20.6. The number of urea groups is 1. The standard InChI is InChI=1S/C18H24N4O5S/c1-11-8-12(2)16(13(3)9-11)28(26,27)21-6-4-14(5-7-21)17(24)20-22-10-15(23)19-18(22)25/h8-9,14H,4-7,10H2,1-3H3,(H,20,24)(H,19,23,25). The minimum atomic E-state index is -3.65. The molecule has 2 aliphatic rings. The fourth-order valence-corrected chi connectivity index (χ4v) is 5.70. The second kappa shape index (κ2) is 7.51. The first-order valence-corrected chi connectivity index (χ1v) is 10.5. The van der Waals surface area contributed by atoms with E-state index in [4.69, 9.17) is 0 Å². The van der Waals surface area contributed by atoms with Gasteiger partial charge in [0.2, 0.25) is 21.8 Å². The van der Waals surface area contributed by atoms with Crippen molar-refractivity contribution in [1.29, 1.82) is 0 Å². The van der Waals surface area contributed by atoms with Gasteiger partial charge in [0.25, 0.3) is 0 Å². The minimum Gasteiger partial charge on any atom is -0.275 e. The van der Waals surface area contributed by atoms with Crippen molar-refractivity contribution in [3.8, 4) is 0 Å². The highest BCUT2D eigenvalue weighted by Crippen LogP contribution is 2.28. The molecule has 9 nitrogen and oxygen atoms in total. The molecule has 0 spiro atoms. The number of carbonyl (C=O) groups is 3. The molecule has 10 heteroatoms. The average molecular weight is 408 g/mol. The monoisotopic (exact) mass is 408 g/mol. The molecule has 0 aromatic heterocycles. The molecule has 1 aromatic carbocycles. The quantitative estimate of drug-likeness (QED) is 0.708. The molecule has 28 heavy (non-hydrogen) atoms. The number of nitrogens with zero attached hydrogens (tertiary/aromatic N) is 2. The van der Waals surface area contributed by atoms with Gasteiger partial charge in [-0.05, 0) is 44.7 Å². The number of hydrazine groups is 1. The molecular formula is C18H24N4O5S. The van der Waals surface area contributed by atoms with E-state index in [0.29, 0.717) is 28.9 Å². The number of rotatable bonds is 4. The van der Waals surface area contributed by atoms with Crippen molar-refractivity contribution >= 4 is 27.9 Å². The first-order valence-electron chi connectivity index (χ1n) is 9.09. The van der Waals surface area contributed by atoms with Gasteiger partial charge in [0.05, 0.1) is 4.90 Å². The molecule has 2 saturated heterocycles. The molecule has 0 aliphatic carbocycles. The molecular weight excluding hydrogens is 384 g/mol. The van der Waals surface area contributed by atoms with E-state index >= 15 is 0 Å². The van der Waals surface area contributed by atoms with E-state index in [9.17, 15) is 22.8 Å². The number of nitrogens with one attached hydrogen (secondary N) is 2. The molecule has 0 radical (unpaired) electrons. The number of sulfonamides is 1. The highest BCUT2D eigenvalue weighted by Gasteiger charge is 2.35. The maximum Gasteiger partial charge on any atom is 0.343 e. The fourth-order valence-electron chi connectivity index (χ4n) is 3.82. The number of hydrogen-bond acceptors (Lipinski definition) is 5. The van der Waals surface area contributed by atoms with E-state index in [1.807, 2.05) is 19.1 Å². The Balaban J connectivity index is 1.66. The van der Waals surface area contributed by atoms with Crippen molar-refractivity contribution < 1.29 is 22.8 Å². The third-order valence-corrected chi connectivity index (χ3v) is 7.27. The van der Waals surface area contributed by atoms with Crippen molar-refractivity contribution in [3.05, 3.63) is 28.8 Å². The number of hydrogen-bond donors (Lipinski definition) is 2. The van der Waals surface area contributed by atoms with Crippen LogP contribution in [-0.4, -0.2) is 55.2 Å². The van der Waals surface area contributed by atoms with E-state index in [1.165, 1.54) is 4.31 Å². The van der Waals surface area contributed by atoms with Crippen LogP contribution in [0.25, 0.3) is 0 Å². The van der Waals surface area contributed by atoms with Crippen molar-refractivity contribution in [2.24, 2.45) is 5.92 Å². The van der Waals surface area contributed by atoms with E-state index in [2.05, 4.69) is 10.7 Å². The smallest absolute Gasteiger partial charge is 0.275 e. The average Bonchev–Trinajstić information content (AvgIpc) is 2.91. The van der Waals surface area contributed by atoms with E-state index in [0.717, 1.165) is 10.6 Å². The molecule has 152 valence electrons. The summed E-state index contributed by atoms with van der Waals surface area (Å²) in [5.74, 6) is -1.28. The predicted octanol–water partition coefficient (Wildman–Crippen LogP) is 0.596. The molecule has 2 heterocycles. The predicted molar refractivity (Wildman–Crippen MR) is 101 cm³/mol. The third kappa shape index (κ3) is 3.88. The summed E-state index contributed by atoms with van der Waals surface area (Å²) >= 11 is 0. The topological polar surface area (TPSA) is 116 Å². The van der Waals surface area contributed by atoms with Gasteiger partial charge in [0.1, 0.15) is 6.54 Å². The lowest BCUT2D eigenvalue weighted by molar-refractivity contribution is -0.130. The lowest BCUT2D eigenvalue weighted by atomic mass is 9.97. The van der Waals surface area contributed by atoms with Gasteiger partial charge in [-0.15, -0.1) is 0 Å². The number of imide groups is 1. The number of piperidine rings is 1. The summed E-state index contributed by atoms with van der Waals surface area (Å²) in [7, 11) is -3.65. The van der Waals surface area contributed by atoms with Crippen molar-refractivity contribution in [2.45, 2.75) is 38.5 Å². The highest BCUT2D eigenvalue weighted by molar-refractivity contribution is 7.89. The lowest BCUT2D eigenvalue weighted by Crippen LogP contribution is -2.49. The summed E-state index contributed by atoms with van der Waals surface area (Å²) in [6.45, 7) is 5.72. The van der Waals surface area contributed by atoms with Crippen LogP contribution in [0.15, 0.2) is 17.0 Å². The second-order valence-corrected chi connectivity index (χ2v) is 9.20. The first-order chi connectivity index (χ1) is 13.1. The zero-order valence-electron chi connectivity index (χ0n) is 16.1. The van der Waals surface area contributed by atoms with Crippen LogP contribution < -0.4 is 10.7 Å². The van der Waals surface area contributed by atoms with Crippen molar-refractivity contribution in [2.75, 3.05) is 19.6 Å². The highest BCUT2D eigenvalue weighted by atomic mass is 32.2. The van der Waals surface area contributed by atoms with Gasteiger partial charge in [-0.25, -0.2) is 18.2 Å². The van der Waals surface area contributed by atoms with Crippen LogP contribution in [0.2, 0.25) is 0 Å². The molecule has 2 fully saturated rings. The molecule has 0 saturated carbocycles. The normalized spacial score (nSPS) is 19.0. The maximum atomic E-state index is 13.1. The van der Waals surface area contributed by atoms with E-state index in [-0.39, 0.29) is 25.5 Å². The summed E-state index contributed by atoms with van der Waals surface area (Å²) in [6.07, 6.45) is 0.691. The van der Waals surface area contributed by atoms with Gasteiger partial charge in [-0.1, -0.05) is 17.7 Å². The van der Waals surface area contributed by atoms with Crippen LogP contribution in [-0.2, 0) is 19.6 Å². The Morgan fingerprint density at radius 1 is 1.11 bits per heavy atom. The maximum absolute atomic E-state index is 13.1. The largest absolute Gasteiger partial charge is 0.343 e. The van der Waals surface area contributed by atoms with Crippen LogP contribution in [0.4, 0.5) is 4.79 Å². The second-order valence-electron chi connectivity index (χ2n) is 7.32. The molecule has 3 rings (SSSR count). The Labute approximate surface area is 164 Å². The van der Waals surface area contributed by atoms with E-state index < -0.39 is 27.9 Å². The molecule has 0 bridgehead atoms. The number of amides is 4. The molecule has 2 N–H and O–H groups in total. The zero-order valence-corrected chi connectivity index (χ0v) is 16.9. The van der Waals surface area contributed by atoms with Crippen LogP contribution in [0.5, 0.6) is 0 Å². The Hall–Kier alpha value is -2.46. The summed E-state index contributed by atoms with van der Waals surface area (Å²) in [5.41, 5.74) is 4.86. The summed E-state index contributed by atoms with van der Waals surface area (Å²) < 4.78 is 27.6.